The topological polar surface area (TPSA) is 58.8 Å². The lowest BCUT2D eigenvalue weighted by atomic mass is 9.83. The van der Waals surface area contributed by atoms with E-state index in [1.54, 1.807) is 4.90 Å². The molecular formula is C24H31N4O2+. The summed E-state index contributed by atoms with van der Waals surface area (Å²) in [5, 5.41) is 3.52. The zero-order chi connectivity index (χ0) is 20.7. The predicted octanol–water partition coefficient (Wildman–Crippen LogP) is 1.20. The van der Waals surface area contributed by atoms with E-state index < -0.39 is 0 Å². The zero-order valence-electron chi connectivity index (χ0n) is 17.6. The number of nitrogens with one attached hydrogen (secondary N) is 2. The Labute approximate surface area is 177 Å². The molecule has 4 heterocycles. The summed E-state index contributed by atoms with van der Waals surface area (Å²) in [4.78, 5) is 29.7. The fourth-order valence-electron chi connectivity index (χ4n) is 5.46. The Balaban J connectivity index is 1.35. The van der Waals surface area contributed by atoms with Crippen LogP contribution in [0.25, 0.3) is 0 Å². The second-order valence-corrected chi connectivity index (χ2v) is 9.34. The molecule has 6 nitrogen and oxygen atoms in total. The van der Waals surface area contributed by atoms with Crippen LogP contribution in [0.4, 0.5) is 5.69 Å². The number of pyridine rings is 1. The van der Waals surface area contributed by atoms with Gasteiger partial charge >= 0.3 is 0 Å². The van der Waals surface area contributed by atoms with Crippen molar-refractivity contribution in [3.8, 4) is 0 Å². The SMILES string of the molecule is C[NH+]1CCC(Nc2ccc3n(c2=O)C[C@H]2C[C@@H]3CN(C(=O)c3ccccc3)C2)CC1. The molecule has 1 aromatic heterocycles. The van der Waals surface area contributed by atoms with Gasteiger partial charge in [0.1, 0.15) is 5.69 Å². The summed E-state index contributed by atoms with van der Waals surface area (Å²) in [7, 11) is 2.23. The number of likely N-dealkylation sites (tertiary alicyclic amines) is 2. The van der Waals surface area contributed by atoms with E-state index in [4.69, 9.17) is 0 Å². The zero-order valence-corrected chi connectivity index (χ0v) is 17.6. The number of benzene rings is 1. The summed E-state index contributed by atoms with van der Waals surface area (Å²) in [5.74, 6) is 0.673. The van der Waals surface area contributed by atoms with E-state index >= 15 is 0 Å². The van der Waals surface area contributed by atoms with E-state index in [0.29, 0.717) is 25.0 Å². The van der Waals surface area contributed by atoms with Crippen LogP contribution in [0.3, 0.4) is 0 Å². The second-order valence-electron chi connectivity index (χ2n) is 9.34. The number of anilines is 1. The molecule has 2 N–H and O–H groups in total. The van der Waals surface area contributed by atoms with Gasteiger partial charge in [-0.3, -0.25) is 9.59 Å². The van der Waals surface area contributed by atoms with Crippen LogP contribution in [0.15, 0.2) is 47.3 Å². The number of hydrogen-bond acceptors (Lipinski definition) is 3. The highest BCUT2D eigenvalue weighted by Gasteiger charge is 2.37. The first kappa shape index (κ1) is 19.4. The van der Waals surface area contributed by atoms with E-state index in [1.165, 1.54) is 0 Å². The fourth-order valence-corrected chi connectivity index (χ4v) is 5.46. The van der Waals surface area contributed by atoms with Crippen molar-refractivity contribution < 1.29 is 9.69 Å². The standard InChI is InChI=1S/C24H30N4O2/c1-26-11-9-20(10-12-26)25-21-7-8-22-19-13-17(15-28(22)24(21)30)14-27(16-19)23(29)18-5-3-2-4-6-18/h2-8,17,19-20,25H,9-16H2,1H3/p+1/t17-,19+/m0/s1. The Hall–Kier alpha value is -2.60. The largest absolute Gasteiger partial charge is 0.377 e. The highest BCUT2D eigenvalue weighted by molar-refractivity contribution is 5.94. The number of fused-ring (bicyclic) bond motifs is 4. The molecule has 2 atom stereocenters. The molecular weight excluding hydrogens is 376 g/mol. The number of nitrogens with zero attached hydrogens (tertiary/aromatic N) is 2. The Morgan fingerprint density at radius 2 is 1.80 bits per heavy atom. The third-order valence-electron chi connectivity index (χ3n) is 7.11. The van der Waals surface area contributed by atoms with E-state index in [0.717, 1.165) is 55.8 Å². The summed E-state index contributed by atoms with van der Waals surface area (Å²) >= 11 is 0. The Morgan fingerprint density at radius 3 is 2.57 bits per heavy atom. The maximum absolute atomic E-state index is 13.2. The first-order valence-electron chi connectivity index (χ1n) is 11.2. The first-order chi connectivity index (χ1) is 14.6. The minimum absolute atomic E-state index is 0.101. The molecule has 0 saturated carbocycles. The van der Waals surface area contributed by atoms with Crippen LogP contribution in [0.2, 0.25) is 0 Å². The maximum atomic E-state index is 13.2. The third kappa shape index (κ3) is 3.65. The van der Waals surface area contributed by atoms with E-state index in [1.807, 2.05) is 45.9 Å². The smallest absolute Gasteiger partial charge is 0.274 e. The van der Waals surface area contributed by atoms with Crippen LogP contribution >= 0.6 is 0 Å². The molecule has 2 saturated heterocycles. The van der Waals surface area contributed by atoms with Gasteiger partial charge in [0.2, 0.25) is 0 Å². The molecule has 0 aliphatic carbocycles. The molecule has 3 aliphatic rings. The van der Waals surface area contributed by atoms with Crippen LogP contribution in [0.5, 0.6) is 0 Å². The first-order valence-corrected chi connectivity index (χ1v) is 11.2. The molecule has 30 heavy (non-hydrogen) atoms. The Bertz CT molecular complexity index is 978. The van der Waals surface area contributed by atoms with Crippen molar-refractivity contribution in [1.82, 2.24) is 9.47 Å². The van der Waals surface area contributed by atoms with Crippen LogP contribution in [0.1, 0.15) is 41.2 Å². The van der Waals surface area contributed by atoms with Crippen molar-refractivity contribution in [2.24, 2.45) is 5.92 Å². The summed E-state index contributed by atoms with van der Waals surface area (Å²) in [6.45, 7) is 4.43. The van der Waals surface area contributed by atoms with Crippen molar-refractivity contribution in [3.63, 3.8) is 0 Å². The summed E-state index contributed by atoms with van der Waals surface area (Å²) in [6, 6.07) is 14.0. The Morgan fingerprint density at radius 1 is 1.03 bits per heavy atom. The van der Waals surface area contributed by atoms with Crippen LogP contribution in [-0.4, -0.2) is 54.6 Å². The summed E-state index contributed by atoms with van der Waals surface area (Å²) in [6.07, 6.45) is 3.27. The van der Waals surface area contributed by atoms with Gasteiger partial charge in [-0.05, 0) is 36.6 Å². The quantitative estimate of drug-likeness (QED) is 0.804. The van der Waals surface area contributed by atoms with Gasteiger partial charge in [0.05, 0.1) is 20.1 Å². The molecule has 5 rings (SSSR count). The average molecular weight is 408 g/mol. The van der Waals surface area contributed by atoms with E-state index in [-0.39, 0.29) is 17.4 Å². The molecule has 158 valence electrons. The number of carbonyl (C=O) groups excluding carboxylic acids is 1. The molecule has 6 heteroatoms. The highest BCUT2D eigenvalue weighted by atomic mass is 16.2. The lowest BCUT2D eigenvalue weighted by molar-refractivity contribution is -0.884. The van der Waals surface area contributed by atoms with Crippen molar-refractivity contribution in [3.05, 3.63) is 64.1 Å². The van der Waals surface area contributed by atoms with Gasteiger partial charge in [-0.2, -0.15) is 0 Å². The fraction of sp³-hybridized carbons (Fsp3) is 0.500. The molecule has 1 amide bonds. The number of rotatable bonds is 3. The predicted molar refractivity (Wildman–Crippen MR) is 117 cm³/mol. The molecule has 2 fully saturated rings. The lowest BCUT2D eigenvalue weighted by Crippen LogP contribution is -3.10. The molecule has 0 radical (unpaired) electrons. The van der Waals surface area contributed by atoms with Gasteiger partial charge in [0.25, 0.3) is 11.5 Å². The van der Waals surface area contributed by atoms with Gasteiger partial charge in [0.15, 0.2) is 0 Å². The van der Waals surface area contributed by atoms with Gasteiger partial charge in [0, 0.05) is 55.7 Å². The second kappa shape index (κ2) is 7.91. The van der Waals surface area contributed by atoms with Gasteiger partial charge in [-0.1, -0.05) is 18.2 Å². The maximum Gasteiger partial charge on any atom is 0.274 e. The van der Waals surface area contributed by atoms with Crippen LogP contribution < -0.4 is 15.8 Å². The highest BCUT2D eigenvalue weighted by Crippen LogP contribution is 2.36. The van der Waals surface area contributed by atoms with Crippen LogP contribution in [-0.2, 0) is 6.54 Å². The molecule has 0 unspecified atom stereocenters. The number of carbonyl (C=O) groups is 1. The van der Waals surface area contributed by atoms with Crippen molar-refractivity contribution in [2.45, 2.75) is 37.8 Å². The number of hydrogen-bond donors (Lipinski definition) is 2. The van der Waals surface area contributed by atoms with Crippen molar-refractivity contribution >= 4 is 11.6 Å². The number of aromatic nitrogens is 1. The van der Waals surface area contributed by atoms with Crippen molar-refractivity contribution in [1.29, 1.82) is 0 Å². The van der Waals surface area contributed by atoms with E-state index in [9.17, 15) is 9.59 Å². The molecule has 2 aromatic rings. The molecule has 0 spiro atoms. The minimum Gasteiger partial charge on any atom is -0.377 e. The average Bonchev–Trinajstić information content (AvgIpc) is 2.77. The number of amides is 1. The van der Waals surface area contributed by atoms with Crippen LogP contribution in [0, 0.1) is 5.92 Å². The van der Waals surface area contributed by atoms with Gasteiger partial charge < -0.3 is 19.7 Å². The number of quaternary nitrogens is 1. The number of piperidine rings is 2. The Kier molecular flexibility index (Phi) is 5.11. The lowest BCUT2D eigenvalue weighted by Gasteiger charge is -2.43. The van der Waals surface area contributed by atoms with Crippen molar-refractivity contribution in [2.75, 3.05) is 38.5 Å². The summed E-state index contributed by atoms with van der Waals surface area (Å²) < 4.78 is 1.98. The summed E-state index contributed by atoms with van der Waals surface area (Å²) in [5.41, 5.74) is 2.67. The van der Waals surface area contributed by atoms with Gasteiger partial charge in [-0.15, -0.1) is 0 Å². The minimum atomic E-state index is 0.101. The molecule has 1 aromatic carbocycles. The normalized spacial score (nSPS) is 28.0. The van der Waals surface area contributed by atoms with E-state index in [2.05, 4.69) is 18.4 Å². The monoisotopic (exact) mass is 407 g/mol. The molecule has 3 aliphatic heterocycles. The van der Waals surface area contributed by atoms with Gasteiger partial charge in [-0.25, -0.2) is 0 Å². The molecule has 2 bridgehead atoms. The third-order valence-corrected chi connectivity index (χ3v) is 7.11.